The van der Waals surface area contributed by atoms with Gasteiger partial charge in [0.15, 0.2) is 0 Å². The summed E-state index contributed by atoms with van der Waals surface area (Å²) >= 11 is 0. The first-order chi connectivity index (χ1) is 9.33. The van der Waals surface area contributed by atoms with E-state index in [1.54, 1.807) is 11.8 Å². The highest BCUT2D eigenvalue weighted by atomic mass is 16.4. The number of carboxylic acids is 1. The van der Waals surface area contributed by atoms with Crippen molar-refractivity contribution >= 4 is 12.0 Å². The van der Waals surface area contributed by atoms with Crippen molar-refractivity contribution in [3.8, 4) is 0 Å². The number of rotatable bonds is 2. The fraction of sp³-hybridized carbons (Fsp3) is 0.867. The van der Waals surface area contributed by atoms with Crippen LogP contribution in [0.15, 0.2) is 0 Å². The van der Waals surface area contributed by atoms with E-state index in [0.29, 0.717) is 31.3 Å². The highest BCUT2D eigenvalue weighted by molar-refractivity contribution is 5.79. The smallest absolute Gasteiger partial charge is 0.317 e. The molecular weight excluding hydrogens is 256 g/mol. The molecule has 2 rings (SSSR count). The molecule has 1 saturated carbocycles. The molecule has 1 heterocycles. The highest BCUT2D eigenvalue weighted by Crippen LogP contribution is 2.32. The maximum atomic E-state index is 12.3. The molecular formula is C15H26N2O3. The Balaban J connectivity index is 1.91. The molecule has 0 radical (unpaired) electrons. The molecule has 0 spiro atoms. The van der Waals surface area contributed by atoms with Crippen molar-refractivity contribution in [2.45, 2.75) is 52.5 Å². The third kappa shape index (κ3) is 2.91. The third-order valence-electron chi connectivity index (χ3n) is 5.29. The van der Waals surface area contributed by atoms with Crippen molar-refractivity contribution in [1.29, 1.82) is 0 Å². The van der Waals surface area contributed by atoms with Crippen molar-refractivity contribution in [1.82, 2.24) is 10.2 Å². The second-order valence-electron chi connectivity index (χ2n) is 6.86. The minimum Gasteiger partial charge on any atom is -0.481 e. The lowest BCUT2D eigenvalue weighted by Crippen LogP contribution is -2.49. The van der Waals surface area contributed by atoms with Gasteiger partial charge >= 0.3 is 12.0 Å². The van der Waals surface area contributed by atoms with Crippen LogP contribution < -0.4 is 5.32 Å². The van der Waals surface area contributed by atoms with E-state index in [-0.39, 0.29) is 12.1 Å². The summed E-state index contributed by atoms with van der Waals surface area (Å²) in [6.45, 7) is 6.99. The first-order valence-corrected chi connectivity index (χ1v) is 7.62. The monoisotopic (exact) mass is 282 g/mol. The Morgan fingerprint density at radius 2 is 2.00 bits per heavy atom. The minimum absolute atomic E-state index is 0.0964. The van der Waals surface area contributed by atoms with Gasteiger partial charge in [-0.15, -0.1) is 0 Å². The maximum absolute atomic E-state index is 12.3. The summed E-state index contributed by atoms with van der Waals surface area (Å²) in [5.41, 5.74) is -0.789. The number of likely N-dealkylation sites (tertiary alicyclic amines) is 1. The maximum Gasteiger partial charge on any atom is 0.317 e. The molecule has 1 aliphatic heterocycles. The van der Waals surface area contributed by atoms with E-state index < -0.39 is 11.4 Å². The number of nitrogens with one attached hydrogen (secondary N) is 1. The molecule has 0 aromatic carbocycles. The molecule has 4 unspecified atom stereocenters. The molecule has 0 aromatic heterocycles. The Morgan fingerprint density at radius 3 is 2.60 bits per heavy atom. The average Bonchev–Trinajstić information content (AvgIpc) is 2.79. The van der Waals surface area contributed by atoms with Gasteiger partial charge in [0.2, 0.25) is 0 Å². The summed E-state index contributed by atoms with van der Waals surface area (Å²) in [5, 5.41) is 12.3. The number of amides is 2. The van der Waals surface area contributed by atoms with E-state index in [1.807, 2.05) is 0 Å². The van der Waals surface area contributed by atoms with Crippen molar-refractivity contribution in [3.05, 3.63) is 0 Å². The molecule has 2 N–H and O–H groups in total. The lowest BCUT2D eigenvalue weighted by Gasteiger charge is -2.35. The van der Waals surface area contributed by atoms with Crippen LogP contribution in [0, 0.1) is 17.3 Å². The van der Waals surface area contributed by atoms with Crippen LogP contribution in [-0.4, -0.2) is 41.1 Å². The van der Waals surface area contributed by atoms with Gasteiger partial charge in [-0.25, -0.2) is 4.79 Å². The number of carboxylic acid groups (broad SMARTS) is 1. The molecule has 2 amide bonds. The summed E-state index contributed by atoms with van der Waals surface area (Å²) in [6.07, 6.45) is 3.95. The normalized spacial score (nSPS) is 37.8. The summed E-state index contributed by atoms with van der Waals surface area (Å²) in [7, 11) is 0. The van der Waals surface area contributed by atoms with Gasteiger partial charge < -0.3 is 15.3 Å². The van der Waals surface area contributed by atoms with Crippen LogP contribution in [0.5, 0.6) is 0 Å². The van der Waals surface area contributed by atoms with Gasteiger partial charge in [-0.05, 0) is 31.6 Å². The molecule has 5 heteroatoms. The Hall–Kier alpha value is -1.26. The Morgan fingerprint density at radius 1 is 1.30 bits per heavy atom. The van der Waals surface area contributed by atoms with E-state index >= 15 is 0 Å². The van der Waals surface area contributed by atoms with Gasteiger partial charge in [0.1, 0.15) is 0 Å². The summed E-state index contributed by atoms with van der Waals surface area (Å²) < 4.78 is 0. The summed E-state index contributed by atoms with van der Waals surface area (Å²) in [5.74, 6) is 0.311. The number of hydrogen-bond acceptors (Lipinski definition) is 2. The topological polar surface area (TPSA) is 69.6 Å². The predicted octanol–water partition coefficient (Wildman–Crippen LogP) is 2.32. The van der Waals surface area contributed by atoms with E-state index in [0.717, 1.165) is 12.8 Å². The molecule has 2 aliphatic rings. The van der Waals surface area contributed by atoms with Crippen LogP contribution in [0.1, 0.15) is 46.5 Å². The lowest BCUT2D eigenvalue weighted by molar-refractivity contribution is -0.147. The molecule has 114 valence electrons. The Bertz CT molecular complexity index is 399. The van der Waals surface area contributed by atoms with Gasteiger partial charge in [-0.1, -0.05) is 26.7 Å². The largest absolute Gasteiger partial charge is 0.481 e. The second kappa shape index (κ2) is 5.62. The average molecular weight is 282 g/mol. The number of urea groups is 1. The number of nitrogens with zero attached hydrogens (tertiary/aromatic N) is 1. The number of aliphatic carboxylic acids is 1. The fourth-order valence-corrected chi connectivity index (χ4v) is 3.34. The van der Waals surface area contributed by atoms with Crippen molar-refractivity contribution in [2.24, 2.45) is 17.3 Å². The zero-order chi connectivity index (χ0) is 14.9. The van der Waals surface area contributed by atoms with E-state index in [4.69, 9.17) is 0 Å². The fourth-order valence-electron chi connectivity index (χ4n) is 3.34. The van der Waals surface area contributed by atoms with Crippen molar-refractivity contribution in [3.63, 3.8) is 0 Å². The van der Waals surface area contributed by atoms with Gasteiger partial charge in [-0.3, -0.25) is 4.79 Å². The number of hydrogen-bond donors (Lipinski definition) is 2. The van der Waals surface area contributed by atoms with Crippen LogP contribution >= 0.6 is 0 Å². The van der Waals surface area contributed by atoms with Gasteiger partial charge in [-0.2, -0.15) is 0 Å². The van der Waals surface area contributed by atoms with Gasteiger partial charge in [0.05, 0.1) is 5.41 Å². The first kappa shape index (κ1) is 15.1. The van der Waals surface area contributed by atoms with Crippen LogP contribution in [-0.2, 0) is 4.79 Å². The van der Waals surface area contributed by atoms with Gasteiger partial charge in [0.25, 0.3) is 0 Å². The minimum atomic E-state index is -0.813. The predicted molar refractivity (Wildman–Crippen MR) is 76.4 cm³/mol. The van der Waals surface area contributed by atoms with Crippen molar-refractivity contribution in [2.75, 3.05) is 13.1 Å². The molecule has 0 bridgehead atoms. The third-order valence-corrected chi connectivity index (χ3v) is 5.29. The lowest BCUT2D eigenvalue weighted by atomic mass is 9.78. The zero-order valence-corrected chi connectivity index (χ0v) is 12.7. The number of carbonyl (C=O) groups excluding carboxylic acids is 1. The van der Waals surface area contributed by atoms with Crippen molar-refractivity contribution < 1.29 is 14.7 Å². The van der Waals surface area contributed by atoms with Crippen LogP contribution in [0.3, 0.4) is 0 Å². The zero-order valence-electron chi connectivity index (χ0n) is 12.7. The standard InChI is InChI=1S/C15H26N2O3/c1-10-5-4-6-12(11(10)2)16-14(20)17-8-7-15(3,9-17)13(18)19/h10-12H,4-9H2,1-3H3,(H,16,20)(H,18,19). The first-order valence-electron chi connectivity index (χ1n) is 7.62. The molecule has 4 atom stereocenters. The highest BCUT2D eigenvalue weighted by Gasteiger charge is 2.42. The molecule has 2 fully saturated rings. The van der Waals surface area contributed by atoms with Crippen LogP contribution in [0.4, 0.5) is 4.79 Å². The molecule has 1 saturated heterocycles. The van der Waals surface area contributed by atoms with Crippen LogP contribution in [0.2, 0.25) is 0 Å². The van der Waals surface area contributed by atoms with E-state index in [2.05, 4.69) is 19.2 Å². The Labute approximate surface area is 120 Å². The molecule has 20 heavy (non-hydrogen) atoms. The quantitative estimate of drug-likeness (QED) is 0.816. The molecule has 5 nitrogen and oxygen atoms in total. The summed E-state index contributed by atoms with van der Waals surface area (Å²) in [4.78, 5) is 25.2. The molecule has 0 aromatic rings. The van der Waals surface area contributed by atoms with E-state index in [1.165, 1.54) is 6.42 Å². The van der Waals surface area contributed by atoms with Gasteiger partial charge in [0, 0.05) is 19.1 Å². The second-order valence-corrected chi connectivity index (χ2v) is 6.86. The summed E-state index contributed by atoms with van der Waals surface area (Å²) in [6, 6.07) is 0.129. The molecule has 1 aliphatic carbocycles. The number of carbonyl (C=O) groups is 2. The van der Waals surface area contributed by atoms with E-state index in [9.17, 15) is 14.7 Å². The van der Waals surface area contributed by atoms with Crippen LogP contribution in [0.25, 0.3) is 0 Å². The Kier molecular flexibility index (Phi) is 4.25. The SMILES string of the molecule is CC1CCCC(NC(=O)N2CCC(C)(C(=O)O)C2)C1C.